The second kappa shape index (κ2) is 8.65. The molecule has 162 valence electrons. The number of ketones is 1. The molecule has 0 bridgehead atoms. The maximum atomic E-state index is 13.0. The first-order valence-electron chi connectivity index (χ1n) is 10.7. The van der Waals surface area contributed by atoms with E-state index >= 15 is 0 Å². The van der Waals surface area contributed by atoms with E-state index in [0.717, 1.165) is 56.1 Å². The van der Waals surface area contributed by atoms with Crippen molar-refractivity contribution in [1.29, 1.82) is 0 Å². The SMILES string of the molecule is Cc1cc(C(=O)CN2CCN(C3CCS(=O)(=O)C3)CC2)c(C)n1Cc1ccccc1. The third-order valence-corrected chi connectivity index (χ3v) is 8.31. The van der Waals surface area contributed by atoms with Gasteiger partial charge in [0.05, 0.1) is 18.1 Å². The zero-order valence-corrected chi connectivity index (χ0v) is 18.7. The summed E-state index contributed by atoms with van der Waals surface area (Å²) in [4.78, 5) is 17.5. The van der Waals surface area contributed by atoms with Crippen LogP contribution in [0.5, 0.6) is 0 Å². The summed E-state index contributed by atoms with van der Waals surface area (Å²) in [5.41, 5.74) is 4.17. The standard InChI is InChI=1S/C23H31N3O3S/c1-18-14-22(19(2)26(18)15-20-6-4-3-5-7-20)23(27)16-24-9-11-25(12-10-24)21-8-13-30(28,29)17-21/h3-7,14,21H,8-13,15-17H2,1-2H3. The quantitative estimate of drug-likeness (QED) is 0.659. The van der Waals surface area contributed by atoms with Gasteiger partial charge in [0.15, 0.2) is 15.6 Å². The molecule has 1 atom stereocenters. The molecule has 2 saturated heterocycles. The van der Waals surface area contributed by atoms with Crippen molar-refractivity contribution in [2.75, 3.05) is 44.2 Å². The molecule has 1 aromatic heterocycles. The molecule has 6 nitrogen and oxygen atoms in total. The van der Waals surface area contributed by atoms with E-state index in [1.165, 1.54) is 5.56 Å². The van der Waals surface area contributed by atoms with Crippen LogP contribution in [0.3, 0.4) is 0 Å². The summed E-state index contributed by atoms with van der Waals surface area (Å²) in [5, 5.41) is 0. The van der Waals surface area contributed by atoms with Crippen LogP contribution in [0.15, 0.2) is 36.4 Å². The summed E-state index contributed by atoms with van der Waals surface area (Å²) >= 11 is 0. The molecule has 3 heterocycles. The molecule has 0 radical (unpaired) electrons. The summed E-state index contributed by atoms with van der Waals surface area (Å²) in [7, 11) is -2.85. The second-order valence-electron chi connectivity index (χ2n) is 8.65. The van der Waals surface area contributed by atoms with Gasteiger partial charge in [0.1, 0.15) is 0 Å². The van der Waals surface area contributed by atoms with Gasteiger partial charge < -0.3 is 4.57 Å². The molecule has 4 rings (SSSR count). The highest BCUT2D eigenvalue weighted by Crippen LogP contribution is 2.21. The van der Waals surface area contributed by atoms with Gasteiger partial charge in [-0.15, -0.1) is 0 Å². The molecular weight excluding hydrogens is 398 g/mol. The molecular formula is C23H31N3O3S. The fraction of sp³-hybridized carbons (Fsp3) is 0.522. The molecule has 0 spiro atoms. The van der Waals surface area contributed by atoms with Crippen LogP contribution in [0.4, 0.5) is 0 Å². The average Bonchev–Trinajstić information content (AvgIpc) is 3.23. The number of hydrogen-bond acceptors (Lipinski definition) is 5. The predicted molar refractivity (Wildman–Crippen MR) is 119 cm³/mol. The number of rotatable bonds is 6. The van der Waals surface area contributed by atoms with Crippen molar-refractivity contribution in [3.05, 3.63) is 58.9 Å². The normalized spacial score (nSPS) is 22.4. The predicted octanol–water partition coefficient (Wildman–Crippen LogP) is 2.14. The van der Waals surface area contributed by atoms with Gasteiger partial charge in [-0.3, -0.25) is 14.6 Å². The molecule has 0 N–H and O–H groups in total. The zero-order chi connectivity index (χ0) is 21.3. The molecule has 2 aliphatic heterocycles. The monoisotopic (exact) mass is 429 g/mol. The number of hydrogen-bond donors (Lipinski definition) is 0. The lowest BCUT2D eigenvalue weighted by Crippen LogP contribution is -2.51. The highest BCUT2D eigenvalue weighted by atomic mass is 32.2. The van der Waals surface area contributed by atoms with Crippen LogP contribution in [-0.2, 0) is 16.4 Å². The first-order chi connectivity index (χ1) is 14.3. The minimum absolute atomic E-state index is 0.157. The third kappa shape index (κ3) is 4.68. The largest absolute Gasteiger partial charge is 0.344 e. The van der Waals surface area contributed by atoms with Crippen LogP contribution >= 0.6 is 0 Å². The Morgan fingerprint density at radius 3 is 2.40 bits per heavy atom. The molecule has 1 unspecified atom stereocenters. The Balaban J connectivity index is 1.35. The van der Waals surface area contributed by atoms with Crippen LogP contribution in [0.25, 0.3) is 0 Å². The summed E-state index contributed by atoms with van der Waals surface area (Å²) in [6.07, 6.45) is 0.745. The van der Waals surface area contributed by atoms with Gasteiger partial charge in [-0.2, -0.15) is 0 Å². The van der Waals surface area contributed by atoms with E-state index in [1.807, 2.05) is 31.2 Å². The minimum atomic E-state index is -2.85. The van der Waals surface area contributed by atoms with Crippen LogP contribution in [-0.4, -0.2) is 78.8 Å². The van der Waals surface area contributed by atoms with Gasteiger partial charge in [-0.1, -0.05) is 30.3 Å². The topological polar surface area (TPSA) is 62.6 Å². The van der Waals surface area contributed by atoms with Crippen LogP contribution in [0.2, 0.25) is 0 Å². The summed E-state index contributed by atoms with van der Waals surface area (Å²) in [5.74, 6) is 0.771. The van der Waals surface area contributed by atoms with Crippen molar-refractivity contribution in [2.24, 2.45) is 0 Å². The maximum absolute atomic E-state index is 13.0. The number of carbonyl (C=O) groups excluding carboxylic acids is 1. The van der Waals surface area contributed by atoms with E-state index in [1.54, 1.807) is 0 Å². The molecule has 2 aliphatic rings. The summed E-state index contributed by atoms with van der Waals surface area (Å²) < 4.78 is 25.7. The molecule has 2 aromatic rings. The van der Waals surface area contributed by atoms with Crippen LogP contribution in [0, 0.1) is 13.8 Å². The van der Waals surface area contributed by atoms with Crippen molar-refractivity contribution in [3.63, 3.8) is 0 Å². The second-order valence-corrected chi connectivity index (χ2v) is 10.9. The van der Waals surface area contributed by atoms with Gasteiger partial charge in [-0.25, -0.2) is 8.42 Å². The Morgan fingerprint density at radius 2 is 1.77 bits per heavy atom. The fourth-order valence-corrected chi connectivity index (χ4v) is 6.49. The van der Waals surface area contributed by atoms with Gasteiger partial charge in [-0.05, 0) is 31.9 Å². The van der Waals surface area contributed by atoms with Crippen LogP contribution in [0.1, 0.15) is 33.7 Å². The highest BCUT2D eigenvalue weighted by molar-refractivity contribution is 7.91. The third-order valence-electron chi connectivity index (χ3n) is 6.56. The van der Waals surface area contributed by atoms with Crippen LogP contribution < -0.4 is 0 Å². The number of benzene rings is 1. The molecule has 7 heteroatoms. The van der Waals surface area contributed by atoms with E-state index in [-0.39, 0.29) is 11.8 Å². The first kappa shape index (κ1) is 21.3. The van der Waals surface area contributed by atoms with Crippen molar-refractivity contribution in [1.82, 2.24) is 14.4 Å². The molecule has 2 fully saturated rings. The number of Topliss-reactive ketones (excluding diaryl/α,β-unsaturated/α-hetero) is 1. The number of aromatic nitrogens is 1. The van der Waals surface area contributed by atoms with Gasteiger partial charge in [0, 0.05) is 55.7 Å². The lowest BCUT2D eigenvalue weighted by molar-refractivity contribution is 0.0795. The number of sulfone groups is 1. The molecule has 0 aliphatic carbocycles. The molecule has 0 saturated carbocycles. The van der Waals surface area contributed by atoms with E-state index in [2.05, 4.69) is 33.4 Å². The van der Waals surface area contributed by atoms with E-state index in [9.17, 15) is 13.2 Å². The summed E-state index contributed by atoms with van der Waals surface area (Å²) in [6, 6.07) is 12.5. The lowest BCUT2D eigenvalue weighted by atomic mass is 10.1. The minimum Gasteiger partial charge on any atom is -0.344 e. The first-order valence-corrected chi connectivity index (χ1v) is 12.6. The maximum Gasteiger partial charge on any atom is 0.178 e. The van der Waals surface area contributed by atoms with E-state index in [0.29, 0.717) is 18.1 Å². The van der Waals surface area contributed by atoms with E-state index < -0.39 is 9.84 Å². The number of carbonyl (C=O) groups is 1. The average molecular weight is 430 g/mol. The smallest absolute Gasteiger partial charge is 0.178 e. The number of nitrogens with zero attached hydrogens (tertiary/aromatic N) is 3. The Labute approximate surface area is 179 Å². The van der Waals surface area contributed by atoms with Crippen molar-refractivity contribution in [3.8, 4) is 0 Å². The molecule has 1 aromatic carbocycles. The Hall–Kier alpha value is -1.96. The molecule has 0 amide bonds. The van der Waals surface area contributed by atoms with Crippen molar-refractivity contribution in [2.45, 2.75) is 32.9 Å². The highest BCUT2D eigenvalue weighted by Gasteiger charge is 2.34. The van der Waals surface area contributed by atoms with Gasteiger partial charge in [0.2, 0.25) is 0 Å². The Morgan fingerprint density at radius 1 is 1.07 bits per heavy atom. The number of piperazine rings is 1. The van der Waals surface area contributed by atoms with Crippen molar-refractivity contribution < 1.29 is 13.2 Å². The van der Waals surface area contributed by atoms with Crippen molar-refractivity contribution >= 4 is 15.6 Å². The Kier molecular flexibility index (Phi) is 6.14. The zero-order valence-electron chi connectivity index (χ0n) is 17.9. The van der Waals surface area contributed by atoms with E-state index in [4.69, 9.17) is 0 Å². The lowest BCUT2D eigenvalue weighted by Gasteiger charge is -2.37. The van der Waals surface area contributed by atoms with Gasteiger partial charge in [0.25, 0.3) is 0 Å². The fourth-order valence-electron chi connectivity index (χ4n) is 4.73. The summed E-state index contributed by atoms with van der Waals surface area (Å²) in [6.45, 7) is 8.57. The Bertz CT molecular complexity index is 1010. The van der Waals surface area contributed by atoms with Gasteiger partial charge >= 0.3 is 0 Å². The molecule has 30 heavy (non-hydrogen) atoms. The number of aryl methyl sites for hydroxylation is 1.